The number of ether oxygens (including phenoxy) is 1. The monoisotopic (exact) mass is 273 g/mol. The van der Waals surface area contributed by atoms with Gasteiger partial charge in [-0.15, -0.1) is 0 Å². The van der Waals surface area contributed by atoms with Gasteiger partial charge in [-0.3, -0.25) is 0 Å². The van der Waals surface area contributed by atoms with Crippen LogP contribution in [-0.4, -0.2) is 12.6 Å². The van der Waals surface area contributed by atoms with Crippen LogP contribution in [0.15, 0.2) is 48.5 Å². The van der Waals surface area contributed by atoms with Crippen molar-refractivity contribution in [2.75, 3.05) is 6.61 Å². The summed E-state index contributed by atoms with van der Waals surface area (Å²) in [5, 5.41) is 0. The van der Waals surface area contributed by atoms with Crippen LogP contribution in [0.3, 0.4) is 0 Å². The smallest absolute Gasteiger partial charge is 0.130 e. The average molecular weight is 273 g/mol. The summed E-state index contributed by atoms with van der Waals surface area (Å²) in [7, 11) is 0. The maximum absolute atomic E-state index is 13.1. The highest BCUT2D eigenvalue weighted by Crippen LogP contribution is 2.23. The van der Waals surface area contributed by atoms with Gasteiger partial charge in [0.1, 0.15) is 17.3 Å². The van der Waals surface area contributed by atoms with Crippen molar-refractivity contribution in [3.63, 3.8) is 0 Å². The lowest BCUT2D eigenvalue weighted by Crippen LogP contribution is -2.22. The highest BCUT2D eigenvalue weighted by Gasteiger charge is 2.15. The van der Waals surface area contributed by atoms with Crippen molar-refractivity contribution < 1.29 is 14.0 Å². The molecule has 0 unspecified atom stereocenters. The third-order valence-electron chi connectivity index (χ3n) is 3.23. The highest BCUT2D eigenvalue weighted by atomic mass is 19.1. The number of hydrogen-bond donors (Lipinski definition) is 1. The van der Waals surface area contributed by atoms with Crippen molar-refractivity contribution in [2.45, 2.75) is 18.9 Å². The lowest BCUT2D eigenvalue weighted by Gasteiger charge is -2.10. The van der Waals surface area contributed by atoms with Crippen molar-refractivity contribution >= 4 is 0 Å². The minimum atomic E-state index is -0.300. The molecule has 1 heterocycles. The predicted molar refractivity (Wildman–Crippen MR) is 74.1 cm³/mol. The lowest BCUT2D eigenvalue weighted by molar-refractivity contribution is 0.0883. The van der Waals surface area contributed by atoms with E-state index in [9.17, 15) is 4.39 Å². The molecule has 0 amide bonds. The Hall–Kier alpha value is -1.91. The van der Waals surface area contributed by atoms with Crippen molar-refractivity contribution in [1.29, 1.82) is 0 Å². The van der Waals surface area contributed by atoms with Gasteiger partial charge in [0.15, 0.2) is 0 Å². The van der Waals surface area contributed by atoms with Gasteiger partial charge in [-0.25, -0.2) is 4.39 Å². The number of hydroxylamine groups is 1. The van der Waals surface area contributed by atoms with Crippen LogP contribution >= 0.6 is 0 Å². The summed E-state index contributed by atoms with van der Waals surface area (Å²) >= 11 is 0. The largest absolute Gasteiger partial charge is 0.457 e. The summed E-state index contributed by atoms with van der Waals surface area (Å²) in [6.07, 6.45) is 1.90. The van der Waals surface area contributed by atoms with Gasteiger partial charge in [0, 0.05) is 12.1 Å². The Morgan fingerprint density at radius 1 is 1.15 bits per heavy atom. The zero-order chi connectivity index (χ0) is 13.8. The second-order valence-corrected chi connectivity index (χ2v) is 4.86. The topological polar surface area (TPSA) is 30.5 Å². The van der Waals surface area contributed by atoms with Crippen molar-refractivity contribution in [1.82, 2.24) is 5.48 Å². The molecule has 1 N–H and O–H groups in total. The molecule has 0 aromatic heterocycles. The lowest BCUT2D eigenvalue weighted by atomic mass is 10.0. The zero-order valence-electron chi connectivity index (χ0n) is 11.0. The summed E-state index contributed by atoms with van der Waals surface area (Å²) in [6, 6.07) is 14.3. The van der Waals surface area contributed by atoms with Gasteiger partial charge in [-0.2, -0.15) is 5.48 Å². The zero-order valence-corrected chi connectivity index (χ0v) is 11.0. The Kier molecular flexibility index (Phi) is 3.95. The molecule has 0 radical (unpaired) electrons. The Morgan fingerprint density at radius 3 is 2.70 bits per heavy atom. The van der Waals surface area contributed by atoms with E-state index in [0.29, 0.717) is 17.5 Å². The van der Waals surface area contributed by atoms with E-state index < -0.39 is 0 Å². The fourth-order valence-corrected chi connectivity index (χ4v) is 2.27. The average Bonchev–Trinajstić information content (AvgIpc) is 2.92. The molecule has 2 aromatic rings. The molecule has 3 nitrogen and oxygen atoms in total. The van der Waals surface area contributed by atoms with Gasteiger partial charge in [-0.05, 0) is 42.7 Å². The van der Waals surface area contributed by atoms with Crippen LogP contribution in [0.5, 0.6) is 11.5 Å². The molecule has 0 spiro atoms. The molecule has 2 aromatic carbocycles. The van der Waals surface area contributed by atoms with Crippen molar-refractivity contribution in [3.8, 4) is 11.5 Å². The molecular formula is C16H16FNO2. The van der Waals surface area contributed by atoms with Gasteiger partial charge < -0.3 is 9.57 Å². The standard InChI is InChI=1S/C16H16FNO2/c17-13-4-2-6-16(11-13)20-15-5-1-3-12(10-15)9-14-7-8-19-18-14/h1-6,10-11,14,18H,7-9H2/t14-/m1/s1. The minimum Gasteiger partial charge on any atom is -0.457 e. The molecule has 0 aliphatic carbocycles. The maximum Gasteiger partial charge on any atom is 0.130 e. The molecule has 0 saturated carbocycles. The van der Waals surface area contributed by atoms with Crippen molar-refractivity contribution in [3.05, 3.63) is 59.9 Å². The molecule has 3 rings (SSSR count). The molecule has 1 saturated heterocycles. The number of hydrogen-bond acceptors (Lipinski definition) is 3. The van der Waals surface area contributed by atoms with Crippen LogP contribution < -0.4 is 10.2 Å². The molecule has 20 heavy (non-hydrogen) atoms. The second-order valence-electron chi connectivity index (χ2n) is 4.86. The first-order valence-corrected chi connectivity index (χ1v) is 6.69. The normalized spacial score (nSPS) is 18.1. The third-order valence-corrected chi connectivity index (χ3v) is 3.23. The predicted octanol–water partition coefficient (Wildman–Crippen LogP) is 3.45. The molecule has 1 aliphatic heterocycles. The molecule has 1 fully saturated rings. The van der Waals surface area contributed by atoms with Crippen LogP contribution in [0, 0.1) is 5.82 Å². The van der Waals surface area contributed by atoms with E-state index in [2.05, 4.69) is 11.5 Å². The van der Waals surface area contributed by atoms with Crippen LogP contribution in [-0.2, 0) is 11.3 Å². The molecule has 1 atom stereocenters. The fraction of sp³-hybridized carbons (Fsp3) is 0.250. The maximum atomic E-state index is 13.1. The molecule has 0 bridgehead atoms. The fourth-order valence-electron chi connectivity index (χ4n) is 2.27. The second kappa shape index (κ2) is 6.03. The van der Waals surface area contributed by atoms with E-state index in [1.54, 1.807) is 12.1 Å². The van der Waals surface area contributed by atoms with E-state index >= 15 is 0 Å². The Labute approximate surface area is 117 Å². The summed E-state index contributed by atoms with van der Waals surface area (Å²) in [4.78, 5) is 5.15. The van der Waals surface area contributed by atoms with Crippen LogP contribution in [0.1, 0.15) is 12.0 Å². The van der Waals surface area contributed by atoms with E-state index in [1.807, 2.05) is 18.2 Å². The first kappa shape index (κ1) is 13.1. The summed E-state index contributed by atoms with van der Waals surface area (Å²) < 4.78 is 18.8. The first-order valence-electron chi connectivity index (χ1n) is 6.69. The van der Waals surface area contributed by atoms with E-state index in [1.165, 1.54) is 17.7 Å². The minimum absolute atomic E-state index is 0.300. The molecular weight excluding hydrogens is 257 g/mol. The SMILES string of the molecule is Fc1cccc(Oc2cccc(C[C@H]3CCON3)c2)c1. The van der Waals surface area contributed by atoms with Gasteiger partial charge in [0.05, 0.1) is 6.61 Å². The van der Waals surface area contributed by atoms with E-state index in [4.69, 9.17) is 9.57 Å². The van der Waals surface area contributed by atoms with Crippen molar-refractivity contribution in [2.24, 2.45) is 0 Å². The molecule has 104 valence electrons. The highest BCUT2D eigenvalue weighted by molar-refractivity contribution is 5.34. The third kappa shape index (κ3) is 3.35. The first-order chi connectivity index (χ1) is 9.79. The Morgan fingerprint density at radius 2 is 1.95 bits per heavy atom. The van der Waals surface area contributed by atoms with Crippen LogP contribution in [0.25, 0.3) is 0 Å². The summed E-state index contributed by atoms with van der Waals surface area (Å²) in [6.45, 7) is 0.754. The van der Waals surface area contributed by atoms with Gasteiger partial charge >= 0.3 is 0 Å². The van der Waals surface area contributed by atoms with E-state index in [-0.39, 0.29) is 5.82 Å². The Balaban J connectivity index is 1.70. The van der Waals surface area contributed by atoms with Gasteiger partial charge in [0.2, 0.25) is 0 Å². The number of nitrogens with one attached hydrogen (secondary N) is 1. The Bertz CT molecular complexity index is 582. The molecule has 4 heteroatoms. The van der Waals surface area contributed by atoms with Crippen LogP contribution in [0.4, 0.5) is 4.39 Å². The van der Waals surface area contributed by atoms with Crippen LogP contribution in [0.2, 0.25) is 0 Å². The summed E-state index contributed by atoms with van der Waals surface area (Å²) in [5.74, 6) is 0.919. The van der Waals surface area contributed by atoms with Gasteiger partial charge in [-0.1, -0.05) is 18.2 Å². The van der Waals surface area contributed by atoms with Gasteiger partial charge in [0.25, 0.3) is 0 Å². The summed E-state index contributed by atoms with van der Waals surface area (Å²) in [5.41, 5.74) is 4.16. The molecule has 1 aliphatic rings. The van der Waals surface area contributed by atoms with E-state index in [0.717, 1.165) is 19.4 Å². The number of benzene rings is 2. The number of rotatable bonds is 4. The quantitative estimate of drug-likeness (QED) is 0.925. The number of halogens is 1.